The van der Waals surface area contributed by atoms with Gasteiger partial charge in [0.2, 0.25) is 5.91 Å². The number of rotatable bonds is 3. The normalized spacial score (nSPS) is 25.0. The van der Waals surface area contributed by atoms with Crippen LogP contribution in [0.4, 0.5) is 0 Å². The van der Waals surface area contributed by atoms with Crippen molar-refractivity contribution in [2.45, 2.75) is 57.2 Å². The largest absolute Gasteiger partial charge is 0.497 e. The Morgan fingerprint density at radius 2 is 1.81 bits per heavy atom. The Labute approximate surface area is 184 Å². The highest BCUT2D eigenvalue weighted by atomic mass is 16.5. The third-order valence-corrected chi connectivity index (χ3v) is 7.37. The van der Waals surface area contributed by atoms with Gasteiger partial charge in [0.15, 0.2) is 0 Å². The molecule has 2 fully saturated rings. The number of nitrogens with zero attached hydrogens (tertiary/aromatic N) is 2. The lowest BCUT2D eigenvalue weighted by atomic mass is 9.84. The number of likely N-dealkylation sites (tertiary alicyclic amines) is 1. The van der Waals surface area contributed by atoms with Crippen LogP contribution in [0.3, 0.4) is 0 Å². The monoisotopic (exact) mass is 418 g/mol. The summed E-state index contributed by atoms with van der Waals surface area (Å²) in [7, 11) is 1.67. The highest BCUT2D eigenvalue weighted by Crippen LogP contribution is 2.41. The van der Waals surface area contributed by atoms with E-state index in [0.29, 0.717) is 24.6 Å². The molecule has 2 heterocycles. The summed E-state index contributed by atoms with van der Waals surface area (Å²) in [5, 5.41) is 0. The molecule has 2 aromatic rings. The number of amides is 2. The number of benzene rings is 2. The third-order valence-electron chi connectivity index (χ3n) is 7.37. The number of ether oxygens (including phenoxy) is 1. The molecule has 5 nitrogen and oxygen atoms in total. The highest BCUT2D eigenvalue weighted by molar-refractivity contribution is 5.98. The van der Waals surface area contributed by atoms with E-state index < -0.39 is 0 Å². The van der Waals surface area contributed by atoms with E-state index in [4.69, 9.17) is 4.74 Å². The zero-order valence-electron chi connectivity index (χ0n) is 18.1. The van der Waals surface area contributed by atoms with Crippen LogP contribution in [0.2, 0.25) is 0 Å². The molecule has 0 N–H and O–H groups in total. The van der Waals surface area contributed by atoms with Gasteiger partial charge in [-0.2, -0.15) is 0 Å². The van der Waals surface area contributed by atoms with Gasteiger partial charge in [-0.25, -0.2) is 0 Å². The molecule has 2 aromatic carbocycles. The molecule has 1 saturated carbocycles. The van der Waals surface area contributed by atoms with E-state index in [9.17, 15) is 9.59 Å². The Morgan fingerprint density at radius 1 is 1.00 bits per heavy atom. The molecule has 2 aliphatic heterocycles. The first-order valence-corrected chi connectivity index (χ1v) is 11.5. The number of hydrogen-bond donors (Lipinski definition) is 0. The van der Waals surface area contributed by atoms with Gasteiger partial charge in [0.05, 0.1) is 7.11 Å². The first kappa shape index (κ1) is 20.1. The van der Waals surface area contributed by atoms with Gasteiger partial charge in [0, 0.05) is 24.7 Å². The van der Waals surface area contributed by atoms with Gasteiger partial charge in [-0.3, -0.25) is 9.59 Å². The fourth-order valence-electron chi connectivity index (χ4n) is 5.76. The molecular weight excluding hydrogens is 388 g/mol. The number of carbonyl (C=O) groups excluding carboxylic acids is 2. The van der Waals surface area contributed by atoms with E-state index >= 15 is 0 Å². The van der Waals surface area contributed by atoms with Crippen molar-refractivity contribution < 1.29 is 14.3 Å². The topological polar surface area (TPSA) is 49.9 Å². The first-order chi connectivity index (χ1) is 15.2. The Balaban J connectivity index is 1.41. The number of methoxy groups -OCH3 is 1. The molecule has 5 rings (SSSR count). The van der Waals surface area contributed by atoms with Gasteiger partial charge in [-0.15, -0.1) is 0 Å². The van der Waals surface area contributed by atoms with Crippen LogP contribution < -0.4 is 4.74 Å². The van der Waals surface area contributed by atoms with Crippen LogP contribution in [0.15, 0.2) is 48.5 Å². The minimum atomic E-state index is -0.354. The van der Waals surface area contributed by atoms with Gasteiger partial charge < -0.3 is 14.5 Å². The van der Waals surface area contributed by atoms with Gasteiger partial charge in [-0.05, 0) is 67.0 Å². The fraction of sp³-hybridized carbons (Fsp3) is 0.462. The van der Waals surface area contributed by atoms with Crippen molar-refractivity contribution in [3.8, 4) is 5.75 Å². The van der Waals surface area contributed by atoms with E-state index in [-0.39, 0.29) is 23.9 Å². The molecule has 2 amide bonds. The van der Waals surface area contributed by atoms with Crippen LogP contribution in [-0.4, -0.2) is 47.4 Å². The molecule has 3 atom stereocenters. The average Bonchev–Trinajstić information content (AvgIpc) is 3.22. The SMILES string of the molecule is COc1ccc2c(c1)CN(C(=O)C1CC3CCCCC3N1C(=O)c1ccccc1)CC2. The number of fused-ring (bicyclic) bond motifs is 2. The third kappa shape index (κ3) is 3.71. The average molecular weight is 419 g/mol. The van der Waals surface area contributed by atoms with E-state index in [2.05, 4.69) is 6.07 Å². The zero-order chi connectivity index (χ0) is 21.4. The van der Waals surface area contributed by atoms with E-state index in [1.54, 1.807) is 7.11 Å². The minimum absolute atomic E-state index is 0.00688. The molecule has 1 aliphatic carbocycles. The van der Waals surface area contributed by atoms with E-state index in [1.807, 2.05) is 52.3 Å². The van der Waals surface area contributed by atoms with Crippen molar-refractivity contribution in [1.29, 1.82) is 0 Å². The molecule has 0 radical (unpaired) electrons. The van der Waals surface area contributed by atoms with Crippen LogP contribution in [0.25, 0.3) is 0 Å². The molecule has 0 bridgehead atoms. The van der Waals surface area contributed by atoms with Crippen LogP contribution in [0, 0.1) is 5.92 Å². The fourth-order valence-corrected chi connectivity index (χ4v) is 5.76. The summed E-state index contributed by atoms with van der Waals surface area (Å²) in [6.07, 6.45) is 6.10. The number of carbonyl (C=O) groups is 2. The molecular formula is C26H30N2O3. The smallest absolute Gasteiger partial charge is 0.254 e. The standard InChI is InChI=1S/C26H30N2O3/c1-31-22-12-11-18-13-14-27(17-21(18)15-22)26(30)24-16-20-9-5-6-10-23(20)28(24)25(29)19-7-3-2-4-8-19/h2-4,7-8,11-12,15,20,23-24H,5-6,9-10,13-14,16-17H2,1H3. The van der Waals surface area contributed by atoms with Crippen LogP contribution in [0.1, 0.15) is 53.6 Å². The highest BCUT2D eigenvalue weighted by Gasteiger charge is 2.48. The lowest BCUT2D eigenvalue weighted by molar-refractivity contribution is -0.136. The van der Waals surface area contributed by atoms with Gasteiger partial charge >= 0.3 is 0 Å². The van der Waals surface area contributed by atoms with Gasteiger partial charge in [-0.1, -0.05) is 37.1 Å². The van der Waals surface area contributed by atoms with Crippen molar-refractivity contribution in [2.75, 3.05) is 13.7 Å². The maximum atomic E-state index is 13.8. The second-order valence-electron chi connectivity index (χ2n) is 9.09. The zero-order valence-corrected chi connectivity index (χ0v) is 18.1. The minimum Gasteiger partial charge on any atom is -0.497 e. The van der Waals surface area contributed by atoms with Crippen molar-refractivity contribution in [2.24, 2.45) is 5.92 Å². The van der Waals surface area contributed by atoms with Crippen molar-refractivity contribution >= 4 is 11.8 Å². The quantitative estimate of drug-likeness (QED) is 0.756. The molecule has 1 saturated heterocycles. The Bertz CT molecular complexity index is 974. The maximum absolute atomic E-state index is 13.8. The van der Waals surface area contributed by atoms with Crippen LogP contribution in [0.5, 0.6) is 5.75 Å². The summed E-state index contributed by atoms with van der Waals surface area (Å²) in [4.78, 5) is 31.2. The second-order valence-corrected chi connectivity index (χ2v) is 9.09. The van der Waals surface area contributed by atoms with Gasteiger partial charge in [0.25, 0.3) is 5.91 Å². The second kappa shape index (κ2) is 8.37. The summed E-state index contributed by atoms with van der Waals surface area (Å²) in [5.74, 6) is 1.37. The first-order valence-electron chi connectivity index (χ1n) is 11.5. The maximum Gasteiger partial charge on any atom is 0.254 e. The van der Waals surface area contributed by atoms with Crippen LogP contribution >= 0.6 is 0 Å². The Morgan fingerprint density at radius 3 is 2.61 bits per heavy atom. The van der Waals surface area contributed by atoms with Crippen LogP contribution in [-0.2, 0) is 17.8 Å². The molecule has 0 spiro atoms. The van der Waals surface area contributed by atoms with Crippen molar-refractivity contribution in [1.82, 2.24) is 9.80 Å². The van der Waals surface area contributed by atoms with E-state index in [0.717, 1.165) is 43.4 Å². The lowest BCUT2D eigenvalue weighted by Crippen LogP contribution is -2.51. The molecule has 31 heavy (non-hydrogen) atoms. The van der Waals surface area contributed by atoms with Crippen molar-refractivity contribution in [3.05, 3.63) is 65.2 Å². The predicted octanol–water partition coefficient (Wildman–Crippen LogP) is 4.05. The van der Waals surface area contributed by atoms with Crippen molar-refractivity contribution in [3.63, 3.8) is 0 Å². The van der Waals surface area contributed by atoms with E-state index in [1.165, 1.54) is 12.0 Å². The summed E-state index contributed by atoms with van der Waals surface area (Å²) in [6.45, 7) is 1.29. The summed E-state index contributed by atoms with van der Waals surface area (Å²) in [5.41, 5.74) is 3.11. The molecule has 3 unspecified atom stereocenters. The summed E-state index contributed by atoms with van der Waals surface area (Å²) in [6, 6.07) is 15.4. The Hall–Kier alpha value is -2.82. The van der Waals surface area contributed by atoms with Gasteiger partial charge in [0.1, 0.15) is 11.8 Å². The molecule has 5 heteroatoms. The summed E-state index contributed by atoms with van der Waals surface area (Å²) < 4.78 is 5.38. The molecule has 162 valence electrons. The molecule has 0 aromatic heterocycles. The summed E-state index contributed by atoms with van der Waals surface area (Å²) >= 11 is 0. The Kier molecular flexibility index (Phi) is 5.43. The molecule has 3 aliphatic rings. The lowest BCUT2D eigenvalue weighted by Gasteiger charge is -2.36. The number of hydrogen-bond acceptors (Lipinski definition) is 3. The predicted molar refractivity (Wildman–Crippen MR) is 119 cm³/mol.